The predicted molar refractivity (Wildman–Crippen MR) is 88.6 cm³/mol. The van der Waals surface area contributed by atoms with Crippen molar-refractivity contribution in [2.75, 3.05) is 20.2 Å². The standard InChI is InChI=1S/C14H19ClN2O3S.ClH/c1-20-14-5-4-12(8-13(14)15)21(18,19)17-7-6-10-2-3-11(9-17)16-10;/h4-5,8,10-11,16H,2-3,6-7,9H2,1H3;1H. The van der Waals surface area contributed by atoms with Gasteiger partial charge in [-0.1, -0.05) is 11.6 Å². The van der Waals surface area contributed by atoms with E-state index in [0.29, 0.717) is 29.9 Å². The van der Waals surface area contributed by atoms with Gasteiger partial charge in [0.25, 0.3) is 0 Å². The average molecular weight is 367 g/mol. The molecule has 2 bridgehead atoms. The summed E-state index contributed by atoms with van der Waals surface area (Å²) in [6.45, 7) is 1.09. The van der Waals surface area contributed by atoms with Crippen molar-refractivity contribution < 1.29 is 13.2 Å². The molecule has 124 valence electrons. The minimum Gasteiger partial charge on any atom is -0.495 e. The van der Waals surface area contributed by atoms with Gasteiger partial charge in [0.05, 0.1) is 17.0 Å². The Morgan fingerprint density at radius 2 is 2.00 bits per heavy atom. The lowest BCUT2D eigenvalue weighted by molar-refractivity contribution is 0.383. The Morgan fingerprint density at radius 1 is 1.27 bits per heavy atom. The van der Waals surface area contributed by atoms with Crippen LogP contribution in [-0.2, 0) is 10.0 Å². The molecule has 2 heterocycles. The summed E-state index contributed by atoms with van der Waals surface area (Å²) in [7, 11) is -2.00. The van der Waals surface area contributed by atoms with Crippen molar-refractivity contribution in [3.63, 3.8) is 0 Å². The van der Waals surface area contributed by atoms with Crippen LogP contribution in [0.5, 0.6) is 5.75 Å². The second-order valence-corrected chi connectivity index (χ2v) is 7.93. The molecule has 2 aliphatic rings. The molecule has 5 nitrogen and oxygen atoms in total. The van der Waals surface area contributed by atoms with Gasteiger partial charge < -0.3 is 10.1 Å². The molecule has 8 heteroatoms. The highest BCUT2D eigenvalue weighted by Gasteiger charge is 2.35. The van der Waals surface area contributed by atoms with Gasteiger partial charge in [-0.15, -0.1) is 12.4 Å². The van der Waals surface area contributed by atoms with Crippen molar-refractivity contribution >= 4 is 34.0 Å². The quantitative estimate of drug-likeness (QED) is 0.891. The smallest absolute Gasteiger partial charge is 0.243 e. The largest absolute Gasteiger partial charge is 0.495 e. The van der Waals surface area contributed by atoms with E-state index in [9.17, 15) is 8.42 Å². The fourth-order valence-electron chi connectivity index (χ4n) is 3.09. The molecular formula is C14H20Cl2N2O3S. The normalized spacial score (nSPS) is 25.4. The Balaban J connectivity index is 0.00000176. The minimum atomic E-state index is -3.50. The van der Waals surface area contributed by atoms with Crippen LogP contribution < -0.4 is 10.1 Å². The van der Waals surface area contributed by atoms with Crippen LogP contribution in [0, 0.1) is 0 Å². The maximum absolute atomic E-state index is 12.8. The number of hydrogen-bond acceptors (Lipinski definition) is 4. The van der Waals surface area contributed by atoms with E-state index < -0.39 is 10.0 Å². The van der Waals surface area contributed by atoms with Crippen LogP contribution in [0.15, 0.2) is 23.1 Å². The fraction of sp³-hybridized carbons (Fsp3) is 0.571. The number of nitrogens with zero attached hydrogens (tertiary/aromatic N) is 1. The molecule has 0 radical (unpaired) electrons. The van der Waals surface area contributed by atoms with Crippen molar-refractivity contribution in [3.05, 3.63) is 23.2 Å². The van der Waals surface area contributed by atoms with Gasteiger partial charge in [-0.2, -0.15) is 4.31 Å². The topological polar surface area (TPSA) is 58.6 Å². The third-order valence-corrected chi connectivity index (χ3v) is 6.40. The van der Waals surface area contributed by atoms with E-state index >= 15 is 0 Å². The summed E-state index contributed by atoms with van der Waals surface area (Å²) >= 11 is 6.05. The molecule has 3 rings (SSSR count). The van der Waals surface area contributed by atoms with Crippen LogP contribution in [0.4, 0.5) is 0 Å². The van der Waals surface area contributed by atoms with Crippen LogP contribution in [0.1, 0.15) is 19.3 Å². The van der Waals surface area contributed by atoms with Crippen LogP contribution in [0.25, 0.3) is 0 Å². The average Bonchev–Trinajstić information content (AvgIpc) is 2.77. The first kappa shape index (κ1) is 17.8. The third kappa shape index (κ3) is 3.36. The summed E-state index contributed by atoms with van der Waals surface area (Å²) in [5.74, 6) is 0.479. The maximum Gasteiger partial charge on any atom is 0.243 e. The highest BCUT2D eigenvalue weighted by molar-refractivity contribution is 7.89. The Labute approximate surface area is 142 Å². The molecule has 0 spiro atoms. The number of ether oxygens (including phenoxy) is 1. The van der Waals surface area contributed by atoms with E-state index in [4.69, 9.17) is 16.3 Å². The summed E-state index contributed by atoms with van der Waals surface area (Å²) in [6, 6.07) is 5.33. The highest BCUT2D eigenvalue weighted by atomic mass is 35.5. The van der Waals surface area contributed by atoms with E-state index in [0.717, 1.165) is 19.3 Å². The summed E-state index contributed by atoms with van der Waals surface area (Å²) in [4.78, 5) is 0.228. The lowest BCUT2D eigenvalue weighted by Crippen LogP contribution is -2.39. The number of halogens is 2. The number of fused-ring (bicyclic) bond motifs is 2. The first-order valence-corrected chi connectivity index (χ1v) is 8.92. The molecule has 2 fully saturated rings. The first-order chi connectivity index (χ1) is 10.0. The van der Waals surface area contributed by atoms with Crippen molar-refractivity contribution in [2.24, 2.45) is 0 Å². The van der Waals surface area contributed by atoms with Gasteiger partial charge in [-0.25, -0.2) is 8.42 Å². The summed E-state index contributed by atoms with van der Waals surface area (Å²) < 4.78 is 32.2. The predicted octanol–water partition coefficient (Wildman–Crippen LogP) is 2.29. The summed E-state index contributed by atoms with van der Waals surface area (Å²) in [6.07, 6.45) is 3.05. The van der Waals surface area contributed by atoms with Crippen LogP contribution in [0.2, 0.25) is 5.02 Å². The van der Waals surface area contributed by atoms with Crippen molar-refractivity contribution in [3.8, 4) is 5.75 Å². The van der Waals surface area contributed by atoms with Gasteiger partial charge >= 0.3 is 0 Å². The molecule has 2 unspecified atom stereocenters. The van der Waals surface area contributed by atoms with Gasteiger partial charge in [0.2, 0.25) is 10.0 Å². The lowest BCUT2D eigenvalue weighted by Gasteiger charge is -2.23. The summed E-state index contributed by atoms with van der Waals surface area (Å²) in [5.41, 5.74) is 0. The van der Waals surface area contributed by atoms with E-state index in [-0.39, 0.29) is 23.3 Å². The lowest BCUT2D eigenvalue weighted by atomic mass is 10.1. The minimum absolute atomic E-state index is 0. The number of benzene rings is 1. The van der Waals surface area contributed by atoms with Crippen molar-refractivity contribution in [2.45, 2.75) is 36.2 Å². The van der Waals surface area contributed by atoms with E-state index in [2.05, 4.69) is 5.32 Å². The first-order valence-electron chi connectivity index (χ1n) is 7.10. The number of rotatable bonds is 3. The maximum atomic E-state index is 12.8. The van der Waals surface area contributed by atoms with Gasteiger partial charge in [0.15, 0.2) is 0 Å². The zero-order chi connectivity index (χ0) is 15.0. The molecule has 0 amide bonds. The molecule has 2 atom stereocenters. The molecule has 0 aromatic heterocycles. The van der Waals surface area contributed by atoms with Crippen LogP contribution >= 0.6 is 24.0 Å². The van der Waals surface area contributed by atoms with Gasteiger partial charge in [-0.05, 0) is 37.5 Å². The van der Waals surface area contributed by atoms with E-state index in [1.165, 1.54) is 13.2 Å². The Morgan fingerprint density at radius 3 is 2.68 bits per heavy atom. The molecule has 1 aromatic carbocycles. The van der Waals surface area contributed by atoms with Gasteiger partial charge in [0, 0.05) is 25.2 Å². The van der Waals surface area contributed by atoms with Crippen molar-refractivity contribution in [1.82, 2.24) is 9.62 Å². The Bertz CT molecular complexity index is 639. The molecule has 0 saturated carbocycles. The number of hydrogen-bond donors (Lipinski definition) is 1. The Kier molecular flexibility index (Phi) is 5.61. The second-order valence-electron chi connectivity index (χ2n) is 5.59. The molecule has 2 aliphatic heterocycles. The SMILES string of the molecule is COc1ccc(S(=O)(=O)N2CCC3CCC(C2)N3)cc1Cl.Cl. The van der Waals surface area contributed by atoms with Gasteiger partial charge in [-0.3, -0.25) is 0 Å². The summed E-state index contributed by atoms with van der Waals surface area (Å²) in [5, 5.41) is 3.80. The molecule has 1 N–H and O–H groups in total. The number of nitrogens with one attached hydrogen (secondary N) is 1. The van der Waals surface area contributed by atoms with E-state index in [1.807, 2.05) is 0 Å². The molecule has 0 aliphatic carbocycles. The zero-order valence-corrected chi connectivity index (χ0v) is 14.7. The highest BCUT2D eigenvalue weighted by Crippen LogP contribution is 2.30. The van der Waals surface area contributed by atoms with Crippen LogP contribution in [-0.4, -0.2) is 45.0 Å². The monoisotopic (exact) mass is 366 g/mol. The molecule has 1 aromatic rings. The van der Waals surface area contributed by atoms with Gasteiger partial charge in [0.1, 0.15) is 5.75 Å². The van der Waals surface area contributed by atoms with Crippen LogP contribution in [0.3, 0.4) is 0 Å². The fourth-order valence-corrected chi connectivity index (χ4v) is 4.94. The van der Waals surface area contributed by atoms with E-state index in [1.54, 1.807) is 16.4 Å². The number of sulfonamides is 1. The molecular weight excluding hydrogens is 347 g/mol. The number of methoxy groups -OCH3 is 1. The Hall–Kier alpha value is -0.530. The second kappa shape index (κ2) is 6.93. The molecule has 22 heavy (non-hydrogen) atoms. The zero-order valence-electron chi connectivity index (χ0n) is 12.3. The molecule has 2 saturated heterocycles. The third-order valence-electron chi connectivity index (χ3n) is 4.25. The van der Waals surface area contributed by atoms with Crippen molar-refractivity contribution in [1.29, 1.82) is 0 Å².